The van der Waals surface area contributed by atoms with E-state index < -0.39 is 8.07 Å². The molecule has 2 aliphatic rings. The molecular formula is C31H42N4O5Si. The van der Waals surface area contributed by atoms with Crippen molar-refractivity contribution in [2.24, 2.45) is 5.92 Å². The Labute approximate surface area is 243 Å². The summed E-state index contributed by atoms with van der Waals surface area (Å²) >= 11 is 0. The van der Waals surface area contributed by atoms with E-state index in [0.717, 1.165) is 42.9 Å². The summed E-state index contributed by atoms with van der Waals surface area (Å²) < 4.78 is 19.3. The number of aryl methyl sites for hydroxylation is 2. The molecule has 0 unspecified atom stereocenters. The van der Waals surface area contributed by atoms with E-state index in [1.807, 2.05) is 23.0 Å². The molecule has 0 radical (unpaired) electrons. The Morgan fingerprint density at radius 3 is 2.61 bits per heavy atom. The molecule has 4 atom stereocenters. The van der Waals surface area contributed by atoms with Gasteiger partial charge in [0.15, 0.2) is 0 Å². The number of aromatic nitrogens is 3. The Balaban J connectivity index is 1.32. The van der Waals surface area contributed by atoms with Crippen molar-refractivity contribution in [3.63, 3.8) is 0 Å². The number of ether oxygens (including phenoxy) is 3. The molecule has 1 N–H and O–H groups in total. The molecule has 41 heavy (non-hydrogen) atoms. The summed E-state index contributed by atoms with van der Waals surface area (Å²) in [5.74, 6) is 1.26. The first-order chi connectivity index (χ1) is 19.8. The Hall–Kier alpha value is -3.21. The number of rotatable bonds is 12. The number of anilines is 1. The van der Waals surface area contributed by atoms with Crippen molar-refractivity contribution in [2.75, 3.05) is 31.8 Å². The second kappa shape index (κ2) is 12.8. The Morgan fingerprint density at radius 2 is 1.90 bits per heavy atom. The predicted octanol–water partition coefficient (Wildman–Crippen LogP) is 4.19. The first kappa shape index (κ1) is 29.3. The van der Waals surface area contributed by atoms with E-state index in [1.54, 1.807) is 12.0 Å². The van der Waals surface area contributed by atoms with Gasteiger partial charge in [-0.15, -0.1) is 5.10 Å². The van der Waals surface area contributed by atoms with Gasteiger partial charge in [-0.05, 0) is 60.6 Å². The van der Waals surface area contributed by atoms with Gasteiger partial charge in [-0.2, -0.15) is 0 Å². The second-order valence-corrected chi connectivity index (χ2v) is 16.4. The third-order valence-electron chi connectivity index (χ3n) is 8.87. The van der Waals surface area contributed by atoms with Gasteiger partial charge in [0.05, 0.1) is 39.6 Å². The van der Waals surface area contributed by atoms with Gasteiger partial charge in [-0.3, -0.25) is 9.58 Å². The summed E-state index contributed by atoms with van der Waals surface area (Å²) in [5.41, 5.74) is 3.32. The molecule has 10 heteroatoms. The van der Waals surface area contributed by atoms with Gasteiger partial charge < -0.3 is 19.3 Å². The van der Waals surface area contributed by atoms with E-state index in [0.29, 0.717) is 31.0 Å². The molecule has 1 amide bonds. The molecule has 2 fully saturated rings. The molecule has 3 heterocycles. The van der Waals surface area contributed by atoms with Crippen LogP contribution in [0.15, 0.2) is 54.7 Å². The topological polar surface area (TPSA) is 98.9 Å². The van der Waals surface area contributed by atoms with Gasteiger partial charge in [-0.25, -0.2) is 4.79 Å². The van der Waals surface area contributed by atoms with Crippen LogP contribution in [0.3, 0.4) is 0 Å². The fraction of sp³-hybridized carbons (Fsp3) is 0.516. The summed E-state index contributed by atoms with van der Waals surface area (Å²) in [6, 6.07) is 16.8. The SMILES string of the molecule is COc1ccc([Si](C)(C)[C@@H]2[C@@H](C)[C@@H](CCc3cccc(N4CCOC4=O)c3)O[C@H]2CCn2cc(CCO)nn2)cc1. The maximum absolute atomic E-state index is 12.1. The molecule has 0 bridgehead atoms. The van der Waals surface area contributed by atoms with Gasteiger partial charge in [0.1, 0.15) is 12.4 Å². The van der Waals surface area contributed by atoms with Crippen molar-refractivity contribution < 1.29 is 24.1 Å². The highest BCUT2D eigenvalue weighted by molar-refractivity contribution is 6.91. The average molecular weight is 579 g/mol. The monoisotopic (exact) mass is 578 g/mol. The number of carbonyl (C=O) groups is 1. The van der Waals surface area contributed by atoms with Crippen LogP contribution in [0.4, 0.5) is 10.5 Å². The fourth-order valence-electron chi connectivity index (χ4n) is 6.67. The summed E-state index contributed by atoms with van der Waals surface area (Å²) in [4.78, 5) is 13.8. The zero-order valence-corrected chi connectivity index (χ0v) is 25.5. The van der Waals surface area contributed by atoms with Crippen LogP contribution in [0, 0.1) is 5.92 Å². The number of benzene rings is 2. The first-order valence-electron chi connectivity index (χ1n) is 14.6. The van der Waals surface area contributed by atoms with Crippen LogP contribution in [0.25, 0.3) is 0 Å². The number of hydrogen-bond acceptors (Lipinski definition) is 7. The maximum atomic E-state index is 12.1. The molecule has 9 nitrogen and oxygen atoms in total. The number of cyclic esters (lactones) is 1. The molecule has 0 spiro atoms. The van der Waals surface area contributed by atoms with Crippen LogP contribution in [0.5, 0.6) is 5.75 Å². The van der Waals surface area contributed by atoms with Crippen LogP contribution >= 0.6 is 0 Å². The van der Waals surface area contributed by atoms with Crippen LogP contribution in [-0.4, -0.2) is 73.3 Å². The smallest absolute Gasteiger partial charge is 0.414 e. The van der Waals surface area contributed by atoms with Crippen molar-refractivity contribution in [3.05, 3.63) is 66.0 Å². The van der Waals surface area contributed by atoms with E-state index >= 15 is 0 Å². The molecule has 3 aromatic rings. The first-order valence-corrected chi connectivity index (χ1v) is 17.7. The minimum absolute atomic E-state index is 0.0678. The lowest BCUT2D eigenvalue weighted by Gasteiger charge is -2.36. The summed E-state index contributed by atoms with van der Waals surface area (Å²) in [6.45, 7) is 9.10. The number of aliphatic hydroxyl groups excluding tert-OH is 1. The molecule has 220 valence electrons. The third-order valence-corrected chi connectivity index (χ3v) is 13.3. The maximum Gasteiger partial charge on any atom is 0.414 e. The fourth-order valence-corrected chi connectivity index (χ4v) is 10.8. The van der Waals surface area contributed by atoms with Crippen LogP contribution in [0.2, 0.25) is 18.6 Å². The highest BCUT2D eigenvalue weighted by atomic mass is 28.3. The summed E-state index contributed by atoms with van der Waals surface area (Å²) in [5, 5.41) is 19.1. The van der Waals surface area contributed by atoms with Crippen molar-refractivity contribution >= 4 is 25.0 Å². The number of hydrogen-bond donors (Lipinski definition) is 1. The second-order valence-electron chi connectivity index (χ2n) is 11.8. The third kappa shape index (κ3) is 6.50. The Morgan fingerprint density at radius 1 is 1.10 bits per heavy atom. The highest BCUT2D eigenvalue weighted by Gasteiger charge is 2.50. The van der Waals surface area contributed by atoms with Crippen LogP contribution < -0.4 is 14.8 Å². The number of methoxy groups -OCH3 is 1. The molecule has 0 aliphatic carbocycles. The van der Waals surface area contributed by atoms with Crippen LogP contribution in [-0.2, 0) is 28.9 Å². The number of carbonyl (C=O) groups excluding carboxylic acids is 1. The molecule has 2 saturated heterocycles. The normalized spacial score (nSPS) is 22.8. The Bertz CT molecular complexity index is 1310. The minimum Gasteiger partial charge on any atom is -0.497 e. The van der Waals surface area contributed by atoms with Gasteiger partial charge in [0.2, 0.25) is 0 Å². The van der Waals surface area contributed by atoms with Crippen molar-refractivity contribution in [1.29, 1.82) is 0 Å². The van der Waals surface area contributed by atoms with Crippen LogP contribution in [0.1, 0.15) is 31.0 Å². The number of aliphatic hydroxyl groups is 1. The lowest BCUT2D eigenvalue weighted by atomic mass is 9.95. The molecule has 2 aromatic carbocycles. The van der Waals surface area contributed by atoms with Crippen molar-refractivity contribution in [3.8, 4) is 5.75 Å². The van der Waals surface area contributed by atoms with E-state index in [1.165, 1.54) is 10.8 Å². The summed E-state index contributed by atoms with van der Waals surface area (Å²) in [6.07, 6.45) is 5.05. The van der Waals surface area contributed by atoms with Crippen molar-refractivity contribution in [2.45, 2.75) is 70.0 Å². The quantitative estimate of drug-likeness (QED) is 0.322. The zero-order valence-electron chi connectivity index (χ0n) is 24.5. The van der Waals surface area contributed by atoms with E-state index in [4.69, 9.17) is 14.2 Å². The standard InChI is InChI=1S/C31H42N4O5Si/c1-22-28(13-8-23-6-5-7-25(20-23)35-17-19-39-31(35)37)40-29(14-16-34-21-24(15-18-36)32-33-34)30(22)41(3,4)27-11-9-26(38-2)10-12-27/h5-7,9-12,20-22,28-30,36H,8,13-19H2,1-4H3/t22-,28+,29-,30+/m0/s1. The molecule has 2 aliphatic heterocycles. The van der Waals surface area contributed by atoms with Crippen molar-refractivity contribution in [1.82, 2.24) is 15.0 Å². The van der Waals surface area contributed by atoms with Gasteiger partial charge in [-0.1, -0.05) is 54.7 Å². The van der Waals surface area contributed by atoms with E-state index in [-0.39, 0.29) is 24.9 Å². The molecule has 1 aromatic heterocycles. The van der Waals surface area contributed by atoms with E-state index in [2.05, 4.69) is 66.7 Å². The molecule has 5 rings (SSSR count). The highest BCUT2D eigenvalue weighted by Crippen LogP contribution is 2.46. The average Bonchev–Trinajstić information content (AvgIpc) is 3.70. The summed E-state index contributed by atoms with van der Waals surface area (Å²) in [7, 11) is -0.253. The molecular weight excluding hydrogens is 536 g/mol. The zero-order chi connectivity index (χ0) is 29.0. The largest absolute Gasteiger partial charge is 0.497 e. The lowest BCUT2D eigenvalue weighted by molar-refractivity contribution is 0.0250. The Kier molecular flexibility index (Phi) is 9.11. The predicted molar refractivity (Wildman–Crippen MR) is 161 cm³/mol. The number of amides is 1. The lowest BCUT2D eigenvalue weighted by Crippen LogP contribution is -2.50. The number of nitrogens with zero attached hydrogens (tertiary/aromatic N) is 4. The van der Waals surface area contributed by atoms with Gasteiger partial charge in [0, 0.05) is 31.5 Å². The minimum atomic E-state index is -1.96. The van der Waals surface area contributed by atoms with Gasteiger partial charge >= 0.3 is 6.09 Å². The molecule has 0 saturated carbocycles. The van der Waals surface area contributed by atoms with E-state index in [9.17, 15) is 9.90 Å². The van der Waals surface area contributed by atoms with Gasteiger partial charge in [0.25, 0.3) is 0 Å².